The Kier molecular flexibility index (Phi) is 5.79. The Hall–Kier alpha value is -3.36. The van der Waals surface area contributed by atoms with E-state index in [9.17, 15) is 9.18 Å². The number of morpholine rings is 1. The first-order chi connectivity index (χ1) is 16.3. The summed E-state index contributed by atoms with van der Waals surface area (Å²) in [6, 6.07) is 10.1. The van der Waals surface area contributed by atoms with Crippen LogP contribution >= 0.6 is 11.6 Å². The number of hydrogen-bond acceptors (Lipinski definition) is 6. The van der Waals surface area contributed by atoms with Crippen LogP contribution in [0.2, 0.25) is 5.02 Å². The maximum absolute atomic E-state index is 15.0. The zero-order valence-electron chi connectivity index (χ0n) is 19.0. The quantitative estimate of drug-likeness (QED) is 0.434. The van der Waals surface area contributed by atoms with Gasteiger partial charge in [-0.1, -0.05) is 11.6 Å². The Morgan fingerprint density at radius 1 is 1.15 bits per heavy atom. The Balaban J connectivity index is 1.66. The van der Waals surface area contributed by atoms with Crippen molar-refractivity contribution < 1.29 is 9.13 Å². The van der Waals surface area contributed by atoms with Crippen molar-refractivity contribution in [3.8, 4) is 11.3 Å². The maximum atomic E-state index is 15.0. The molecule has 174 valence electrons. The van der Waals surface area contributed by atoms with Gasteiger partial charge in [-0.2, -0.15) is 0 Å². The average Bonchev–Trinajstić information content (AvgIpc) is 2.82. The zero-order valence-corrected chi connectivity index (χ0v) is 19.8. The zero-order chi connectivity index (χ0) is 24.0. The van der Waals surface area contributed by atoms with Gasteiger partial charge in [0.05, 0.1) is 23.2 Å². The van der Waals surface area contributed by atoms with Crippen molar-refractivity contribution in [2.45, 2.75) is 20.0 Å². The number of fused-ring (bicyclic) bond motifs is 1. The van der Waals surface area contributed by atoms with Crippen LogP contribution in [-0.4, -0.2) is 39.2 Å². The highest BCUT2D eigenvalue weighted by molar-refractivity contribution is 6.30. The molecule has 0 spiro atoms. The smallest absolute Gasteiger partial charge is 0.263 e. The molecule has 4 aromatic rings. The molecule has 34 heavy (non-hydrogen) atoms. The van der Waals surface area contributed by atoms with E-state index < -0.39 is 5.82 Å². The summed E-state index contributed by atoms with van der Waals surface area (Å²) in [6.07, 6.45) is 1.60. The number of pyridine rings is 2. The molecule has 1 atom stereocenters. The standard InChI is InChI=1S/C25H23ClFN5O2/c1-14-10-16(6-7-28-14)21-13-32(8-9-34-21)22-12-20-23(25(33)31(3)15(2)29-20)24(30-22)18-5-4-17(26)11-19(18)27/h4-7,10-12,21H,8-9,13H2,1-3H3. The molecule has 0 saturated carbocycles. The third-order valence-electron chi connectivity index (χ3n) is 6.14. The van der Waals surface area contributed by atoms with E-state index in [-0.39, 0.29) is 33.3 Å². The van der Waals surface area contributed by atoms with Gasteiger partial charge in [0.25, 0.3) is 5.56 Å². The van der Waals surface area contributed by atoms with Crippen molar-refractivity contribution in [3.05, 3.63) is 80.9 Å². The SMILES string of the molecule is Cc1cc(C2CN(c3cc4nc(C)n(C)c(=O)c4c(-c4ccc(Cl)cc4F)n3)CCO2)ccn1. The minimum atomic E-state index is -0.548. The lowest BCUT2D eigenvalue weighted by atomic mass is 10.1. The minimum absolute atomic E-state index is 0.165. The molecule has 0 amide bonds. The third-order valence-corrected chi connectivity index (χ3v) is 6.38. The van der Waals surface area contributed by atoms with Crippen molar-refractivity contribution >= 4 is 28.3 Å². The molecule has 1 unspecified atom stereocenters. The summed E-state index contributed by atoms with van der Waals surface area (Å²) in [5.74, 6) is 0.619. The van der Waals surface area contributed by atoms with Crippen molar-refractivity contribution in [3.63, 3.8) is 0 Å². The number of aryl methyl sites for hydroxylation is 2. The Morgan fingerprint density at radius 2 is 1.97 bits per heavy atom. The normalized spacial score (nSPS) is 16.3. The van der Waals surface area contributed by atoms with Crippen LogP contribution in [0.5, 0.6) is 0 Å². The van der Waals surface area contributed by atoms with E-state index in [1.165, 1.54) is 10.6 Å². The highest BCUT2D eigenvalue weighted by Crippen LogP contribution is 2.33. The Bertz CT molecular complexity index is 1470. The molecule has 1 aliphatic rings. The second kappa shape index (κ2) is 8.77. The maximum Gasteiger partial charge on any atom is 0.263 e. The molecule has 3 aromatic heterocycles. The van der Waals surface area contributed by atoms with Crippen LogP contribution in [0.3, 0.4) is 0 Å². The summed E-state index contributed by atoms with van der Waals surface area (Å²) in [6.45, 7) is 5.36. The van der Waals surface area contributed by atoms with Gasteiger partial charge >= 0.3 is 0 Å². The fraction of sp³-hybridized carbons (Fsp3) is 0.280. The Morgan fingerprint density at radius 3 is 2.74 bits per heavy atom. The van der Waals surface area contributed by atoms with Crippen LogP contribution in [-0.2, 0) is 11.8 Å². The molecule has 7 nitrogen and oxygen atoms in total. The van der Waals surface area contributed by atoms with E-state index in [2.05, 4.69) is 14.9 Å². The summed E-state index contributed by atoms with van der Waals surface area (Å²) >= 11 is 5.97. The number of ether oxygens (including phenoxy) is 1. The van der Waals surface area contributed by atoms with Gasteiger partial charge in [-0.25, -0.2) is 14.4 Å². The first kappa shape index (κ1) is 22.4. The molecule has 1 aromatic carbocycles. The molecule has 1 saturated heterocycles. The van der Waals surface area contributed by atoms with Crippen molar-refractivity contribution in [2.75, 3.05) is 24.6 Å². The predicted molar refractivity (Wildman–Crippen MR) is 130 cm³/mol. The number of aromatic nitrogens is 4. The van der Waals surface area contributed by atoms with Crippen LogP contribution in [0, 0.1) is 19.7 Å². The van der Waals surface area contributed by atoms with E-state index in [1.807, 2.05) is 19.1 Å². The summed E-state index contributed by atoms with van der Waals surface area (Å²) in [4.78, 5) is 28.9. The molecular weight excluding hydrogens is 457 g/mol. The molecule has 1 fully saturated rings. The summed E-state index contributed by atoms with van der Waals surface area (Å²) in [5.41, 5.74) is 2.59. The third kappa shape index (κ3) is 4.03. The van der Waals surface area contributed by atoms with Gasteiger partial charge in [-0.05, 0) is 49.7 Å². The van der Waals surface area contributed by atoms with Crippen LogP contribution in [0.4, 0.5) is 10.2 Å². The van der Waals surface area contributed by atoms with Crippen LogP contribution in [0.15, 0.2) is 47.4 Å². The molecule has 5 rings (SSSR count). The van der Waals surface area contributed by atoms with Gasteiger partial charge < -0.3 is 9.64 Å². The first-order valence-corrected chi connectivity index (χ1v) is 11.3. The van der Waals surface area contributed by atoms with Gasteiger partial charge in [0.2, 0.25) is 0 Å². The molecule has 0 N–H and O–H groups in total. The second-order valence-corrected chi connectivity index (χ2v) is 8.84. The topological polar surface area (TPSA) is 73.1 Å². The van der Waals surface area contributed by atoms with Crippen molar-refractivity contribution in [2.24, 2.45) is 7.05 Å². The molecular formula is C25H23ClFN5O2. The van der Waals surface area contributed by atoms with Gasteiger partial charge in [-0.3, -0.25) is 14.3 Å². The van der Waals surface area contributed by atoms with E-state index in [0.29, 0.717) is 36.9 Å². The first-order valence-electron chi connectivity index (χ1n) is 10.9. The van der Waals surface area contributed by atoms with Gasteiger partial charge in [0.1, 0.15) is 23.6 Å². The van der Waals surface area contributed by atoms with Crippen molar-refractivity contribution in [1.82, 2.24) is 19.5 Å². The van der Waals surface area contributed by atoms with Gasteiger partial charge in [-0.15, -0.1) is 0 Å². The second-order valence-electron chi connectivity index (χ2n) is 8.41. The summed E-state index contributed by atoms with van der Waals surface area (Å²) in [7, 11) is 1.64. The number of anilines is 1. The fourth-order valence-corrected chi connectivity index (χ4v) is 4.41. The van der Waals surface area contributed by atoms with E-state index in [4.69, 9.17) is 21.3 Å². The van der Waals surface area contributed by atoms with Gasteiger partial charge in [0, 0.05) is 48.7 Å². The Labute approximate surface area is 200 Å². The lowest BCUT2D eigenvalue weighted by Crippen LogP contribution is -2.39. The molecule has 0 radical (unpaired) electrons. The lowest BCUT2D eigenvalue weighted by molar-refractivity contribution is 0.0394. The number of nitrogens with zero attached hydrogens (tertiary/aromatic N) is 5. The minimum Gasteiger partial charge on any atom is -0.370 e. The van der Waals surface area contributed by atoms with Crippen molar-refractivity contribution in [1.29, 1.82) is 0 Å². The fourth-order valence-electron chi connectivity index (χ4n) is 4.25. The monoisotopic (exact) mass is 479 g/mol. The van der Waals surface area contributed by atoms with Crippen LogP contribution in [0.25, 0.3) is 22.2 Å². The number of hydrogen-bond donors (Lipinski definition) is 0. The molecule has 1 aliphatic heterocycles. The molecule has 0 bridgehead atoms. The molecule has 0 aliphatic carbocycles. The van der Waals surface area contributed by atoms with Crippen LogP contribution in [0.1, 0.15) is 23.2 Å². The highest BCUT2D eigenvalue weighted by atomic mass is 35.5. The van der Waals surface area contributed by atoms with E-state index in [1.54, 1.807) is 38.4 Å². The largest absolute Gasteiger partial charge is 0.370 e. The number of halogens is 2. The lowest BCUT2D eigenvalue weighted by Gasteiger charge is -2.34. The number of rotatable bonds is 3. The van der Waals surface area contributed by atoms with E-state index in [0.717, 1.165) is 11.3 Å². The van der Waals surface area contributed by atoms with Crippen LogP contribution < -0.4 is 10.5 Å². The summed E-state index contributed by atoms with van der Waals surface area (Å²) < 4.78 is 22.4. The highest BCUT2D eigenvalue weighted by Gasteiger charge is 2.26. The molecule has 4 heterocycles. The average molecular weight is 480 g/mol. The number of benzene rings is 1. The van der Waals surface area contributed by atoms with E-state index >= 15 is 0 Å². The predicted octanol–water partition coefficient (Wildman–Crippen LogP) is 4.38. The molecule has 9 heteroatoms. The van der Waals surface area contributed by atoms with Gasteiger partial charge in [0.15, 0.2) is 0 Å². The summed E-state index contributed by atoms with van der Waals surface area (Å²) in [5, 5.41) is 0.542.